The van der Waals surface area contributed by atoms with Gasteiger partial charge in [0.1, 0.15) is 11.5 Å². The molecule has 0 amide bonds. The number of hydrogen-bond donors (Lipinski definition) is 0. The Bertz CT molecular complexity index is 1230. The number of allylic oxidation sites excluding steroid dienone is 1. The third-order valence-electron chi connectivity index (χ3n) is 7.51. The summed E-state index contributed by atoms with van der Waals surface area (Å²) >= 11 is 0. The van der Waals surface area contributed by atoms with Crippen LogP contribution in [-0.4, -0.2) is 36.6 Å². The van der Waals surface area contributed by atoms with E-state index in [1.807, 2.05) is 24.3 Å². The molecule has 1 spiro atoms. The first-order valence-corrected chi connectivity index (χ1v) is 12.2. The number of piperidine rings is 1. The minimum absolute atomic E-state index is 0.0743. The molecule has 1 aromatic heterocycles. The standard InChI is InChI=1S/C29H30N2O3/c1-32-26-11-4-12-27-24(26)19-21(23-9-5-15-30-28(23)34-27)8-6-16-31-17-13-29(14-18-31)25-10-3-2-7-22(25)20-33-29/h2-5,7-12,15H,6,13-14,16-20H2,1H3. The number of likely N-dealkylation sites (tertiary alicyclic amines) is 1. The van der Waals surface area contributed by atoms with E-state index >= 15 is 0 Å². The molecule has 5 nitrogen and oxygen atoms in total. The Morgan fingerprint density at radius 2 is 1.94 bits per heavy atom. The second-order valence-corrected chi connectivity index (χ2v) is 9.37. The van der Waals surface area contributed by atoms with E-state index in [1.165, 1.54) is 16.7 Å². The summed E-state index contributed by atoms with van der Waals surface area (Å²) < 4.78 is 18.2. The van der Waals surface area contributed by atoms with Crippen molar-refractivity contribution in [3.05, 3.63) is 89.1 Å². The molecule has 34 heavy (non-hydrogen) atoms. The molecule has 0 radical (unpaired) electrons. The second kappa shape index (κ2) is 8.90. The fourth-order valence-corrected chi connectivity index (χ4v) is 5.65. The predicted octanol–water partition coefficient (Wildman–Crippen LogP) is 5.73. The van der Waals surface area contributed by atoms with Crippen molar-refractivity contribution >= 4 is 5.57 Å². The van der Waals surface area contributed by atoms with Crippen molar-refractivity contribution in [1.29, 1.82) is 0 Å². The number of rotatable bonds is 4. The first-order valence-electron chi connectivity index (χ1n) is 12.2. The van der Waals surface area contributed by atoms with E-state index in [-0.39, 0.29) is 5.60 Å². The summed E-state index contributed by atoms with van der Waals surface area (Å²) in [6.07, 6.45) is 8.02. The van der Waals surface area contributed by atoms with Crippen LogP contribution in [0.4, 0.5) is 0 Å². The SMILES string of the molecule is COc1cccc2c1CC(=CCCN1CCC3(CC1)OCc1ccccc13)c1cccnc1O2. The average molecular weight is 455 g/mol. The van der Waals surface area contributed by atoms with Crippen LogP contribution < -0.4 is 9.47 Å². The first kappa shape index (κ1) is 21.4. The van der Waals surface area contributed by atoms with Crippen LogP contribution in [0.3, 0.4) is 0 Å². The van der Waals surface area contributed by atoms with Crippen molar-refractivity contribution in [2.24, 2.45) is 0 Å². The Hall–Kier alpha value is -3.15. The molecule has 3 aromatic rings. The number of hydrogen-bond acceptors (Lipinski definition) is 5. The summed E-state index contributed by atoms with van der Waals surface area (Å²) in [5.41, 5.74) is 6.08. The Kier molecular flexibility index (Phi) is 5.60. The lowest BCUT2D eigenvalue weighted by molar-refractivity contribution is -0.0785. The molecule has 5 heteroatoms. The van der Waals surface area contributed by atoms with Crippen LogP contribution >= 0.6 is 0 Å². The highest BCUT2D eigenvalue weighted by Gasteiger charge is 2.42. The van der Waals surface area contributed by atoms with Crippen LogP contribution in [0.1, 0.15) is 41.5 Å². The fraction of sp³-hybridized carbons (Fsp3) is 0.345. The van der Waals surface area contributed by atoms with E-state index in [9.17, 15) is 0 Å². The molecule has 1 fully saturated rings. The minimum Gasteiger partial charge on any atom is -0.496 e. The molecule has 0 aliphatic carbocycles. The summed E-state index contributed by atoms with van der Waals surface area (Å²) in [6.45, 7) is 3.92. The highest BCUT2D eigenvalue weighted by Crippen LogP contribution is 2.44. The molecule has 0 unspecified atom stereocenters. The molecule has 1 saturated heterocycles. The van der Waals surface area contributed by atoms with Gasteiger partial charge in [0.25, 0.3) is 0 Å². The highest BCUT2D eigenvalue weighted by molar-refractivity contribution is 5.74. The molecule has 0 bridgehead atoms. The predicted molar refractivity (Wildman–Crippen MR) is 132 cm³/mol. The number of nitrogens with zero attached hydrogens (tertiary/aromatic N) is 2. The van der Waals surface area contributed by atoms with Crippen LogP contribution in [0.25, 0.3) is 5.57 Å². The Balaban J connectivity index is 1.17. The monoisotopic (exact) mass is 454 g/mol. The molecule has 0 saturated carbocycles. The summed E-state index contributed by atoms with van der Waals surface area (Å²) in [7, 11) is 1.71. The number of benzene rings is 2. The maximum absolute atomic E-state index is 6.34. The maximum atomic E-state index is 6.34. The zero-order valence-electron chi connectivity index (χ0n) is 19.6. The van der Waals surface area contributed by atoms with Gasteiger partial charge < -0.3 is 19.1 Å². The van der Waals surface area contributed by atoms with Gasteiger partial charge in [-0.2, -0.15) is 0 Å². The fourth-order valence-electron chi connectivity index (χ4n) is 5.65. The molecule has 0 atom stereocenters. The zero-order valence-corrected chi connectivity index (χ0v) is 19.6. The van der Waals surface area contributed by atoms with E-state index in [0.717, 1.165) is 74.6 Å². The van der Waals surface area contributed by atoms with Crippen LogP contribution in [0.15, 0.2) is 66.9 Å². The van der Waals surface area contributed by atoms with Gasteiger partial charge in [-0.25, -0.2) is 4.98 Å². The second-order valence-electron chi connectivity index (χ2n) is 9.37. The summed E-state index contributed by atoms with van der Waals surface area (Å²) in [5.74, 6) is 2.34. The van der Waals surface area contributed by atoms with Gasteiger partial charge >= 0.3 is 0 Å². The Morgan fingerprint density at radius 1 is 1.06 bits per heavy atom. The van der Waals surface area contributed by atoms with Gasteiger partial charge in [-0.15, -0.1) is 0 Å². The Morgan fingerprint density at radius 3 is 2.82 bits per heavy atom. The van der Waals surface area contributed by atoms with Crippen LogP contribution in [0.2, 0.25) is 0 Å². The molecular weight excluding hydrogens is 424 g/mol. The van der Waals surface area contributed by atoms with Gasteiger partial charge in [0.2, 0.25) is 5.88 Å². The van der Waals surface area contributed by atoms with Crippen LogP contribution in [0.5, 0.6) is 17.4 Å². The first-order chi connectivity index (χ1) is 16.8. The molecule has 174 valence electrons. The maximum Gasteiger partial charge on any atom is 0.226 e. The topological polar surface area (TPSA) is 43.8 Å². The smallest absolute Gasteiger partial charge is 0.226 e. The van der Waals surface area contributed by atoms with Crippen molar-refractivity contribution < 1.29 is 14.2 Å². The molecule has 6 rings (SSSR count). The van der Waals surface area contributed by atoms with Gasteiger partial charge in [0, 0.05) is 43.4 Å². The average Bonchev–Trinajstić information content (AvgIpc) is 3.14. The summed E-state index contributed by atoms with van der Waals surface area (Å²) in [5, 5.41) is 0. The molecular formula is C29H30N2O3. The van der Waals surface area contributed by atoms with Crippen LogP contribution in [-0.2, 0) is 23.4 Å². The lowest BCUT2D eigenvalue weighted by Gasteiger charge is -2.39. The van der Waals surface area contributed by atoms with Gasteiger partial charge in [-0.3, -0.25) is 0 Å². The quantitative estimate of drug-likeness (QED) is 0.503. The van der Waals surface area contributed by atoms with Crippen molar-refractivity contribution in [3.8, 4) is 17.4 Å². The molecule has 3 aliphatic heterocycles. The van der Waals surface area contributed by atoms with Crippen molar-refractivity contribution in [2.75, 3.05) is 26.7 Å². The molecule has 4 heterocycles. The van der Waals surface area contributed by atoms with E-state index in [0.29, 0.717) is 5.88 Å². The largest absolute Gasteiger partial charge is 0.496 e. The number of methoxy groups -OCH3 is 1. The Labute approximate surface area is 201 Å². The minimum atomic E-state index is -0.0743. The molecule has 3 aliphatic rings. The molecule has 2 aromatic carbocycles. The van der Waals surface area contributed by atoms with Gasteiger partial charge in [-0.05, 0) is 60.2 Å². The van der Waals surface area contributed by atoms with Gasteiger partial charge in [-0.1, -0.05) is 36.4 Å². The number of fused-ring (bicyclic) bond motifs is 4. The van der Waals surface area contributed by atoms with E-state index in [2.05, 4.69) is 46.3 Å². The summed E-state index contributed by atoms with van der Waals surface area (Å²) in [6, 6.07) is 18.8. The third kappa shape index (κ3) is 3.79. The third-order valence-corrected chi connectivity index (χ3v) is 7.51. The lowest BCUT2D eigenvalue weighted by Crippen LogP contribution is -2.42. The normalized spacial score (nSPS) is 19.7. The number of ether oxygens (including phenoxy) is 3. The van der Waals surface area contributed by atoms with E-state index in [4.69, 9.17) is 14.2 Å². The van der Waals surface area contributed by atoms with Gasteiger partial charge in [0.15, 0.2) is 0 Å². The van der Waals surface area contributed by atoms with Crippen LogP contribution in [0, 0.1) is 0 Å². The zero-order chi connectivity index (χ0) is 23.0. The molecule has 0 N–H and O–H groups in total. The summed E-state index contributed by atoms with van der Waals surface area (Å²) in [4.78, 5) is 7.08. The number of aromatic nitrogens is 1. The van der Waals surface area contributed by atoms with Gasteiger partial charge in [0.05, 0.1) is 19.3 Å². The van der Waals surface area contributed by atoms with Crippen molar-refractivity contribution in [1.82, 2.24) is 9.88 Å². The number of pyridine rings is 1. The highest BCUT2D eigenvalue weighted by atomic mass is 16.5. The van der Waals surface area contributed by atoms with Crippen molar-refractivity contribution in [3.63, 3.8) is 0 Å². The van der Waals surface area contributed by atoms with Crippen molar-refractivity contribution in [2.45, 2.75) is 37.9 Å². The van der Waals surface area contributed by atoms with E-state index in [1.54, 1.807) is 13.3 Å². The van der Waals surface area contributed by atoms with E-state index < -0.39 is 0 Å². The lowest BCUT2D eigenvalue weighted by atomic mass is 9.84.